The van der Waals surface area contributed by atoms with Crippen molar-refractivity contribution in [3.05, 3.63) is 69.8 Å². The number of nitro groups is 1. The fourth-order valence-electron chi connectivity index (χ4n) is 1.98. The molecule has 0 spiro atoms. The number of nitro benzene ring substituents is 1. The molecule has 0 aliphatic carbocycles. The number of anilines is 1. The van der Waals surface area contributed by atoms with E-state index in [0.717, 1.165) is 11.3 Å². The standard InChI is InChI=1S/C15H13N3O2/c1-17(15-5-3-2-4-13(15)10-16)11-12-6-8-14(9-7-12)18(19)20/h2-9H,11H2,1H3. The minimum Gasteiger partial charge on any atom is -0.369 e. The monoisotopic (exact) mass is 267 g/mol. The Hall–Kier alpha value is -2.87. The van der Waals surface area contributed by atoms with Crippen LogP contribution in [0.15, 0.2) is 48.5 Å². The van der Waals surface area contributed by atoms with Crippen LogP contribution in [0.5, 0.6) is 0 Å². The fraction of sp³-hybridized carbons (Fsp3) is 0.133. The third kappa shape index (κ3) is 2.93. The lowest BCUT2D eigenvalue weighted by Crippen LogP contribution is -2.17. The minimum atomic E-state index is -0.418. The molecule has 100 valence electrons. The highest BCUT2D eigenvalue weighted by atomic mass is 16.6. The maximum atomic E-state index is 10.6. The van der Waals surface area contributed by atoms with Gasteiger partial charge in [-0.15, -0.1) is 0 Å². The molecule has 0 aliphatic rings. The molecule has 5 heteroatoms. The number of hydrogen-bond donors (Lipinski definition) is 0. The largest absolute Gasteiger partial charge is 0.369 e. The highest BCUT2D eigenvalue weighted by Gasteiger charge is 2.08. The third-order valence-corrected chi connectivity index (χ3v) is 3.00. The van der Waals surface area contributed by atoms with Gasteiger partial charge in [0.25, 0.3) is 5.69 Å². The molecular weight excluding hydrogens is 254 g/mol. The molecule has 5 nitrogen and oxygen atoms in total. The lowest BCUT2D eigenvalue weighted by atomic mass is 10.1. The van der Waals surface area contributed by atoms with Crippen molar-refractivity contribution in [3.8, 4) is 6.07 Å². The molecule has 0 bridgehead atoms. The maximum Gasteiger partial charge on any atom is 0.269 e. The van der Waals surface area contributed by atoms with Gasteiger partial charge in [-0.05, 0) is 17.7 Å². The molecule has 2 aromatic rings. The van der Waals surface area contributed by atoms with Gasteiger partial charge in [-0.2, -0.15) is 5.26 Å². The minimum absolute atomic E-state index is 0.0776. The lowest BCUT2D eigenvalue weighted by Gasteiger charge is -2.20. The molecular formula is C15H13N3O2. The summed E-state index contributed by atoms with van der Waals surface area (Å²) in [5.74, 6) is 0. The van der Waals surface area contributed by atoms with E-state index in [9.17, 15) is 10.1 Å². The topological polar surface area (TPSA) is 70.2 Å². The number of hydrogen-bond acceptors (Lipinski definition) is 4. The molecule has 0 aromatic heterocycles. The van der Waals surface area contributed by atoms with Gasteiger partial charge in [-0.3, -0.25) is 10.1 Å². The van der Waals surface area contributed by atoms with E-state index in [-0.39, 0.29) is 5.69 Å². The normalized spacial score (nSPS) is 9.80. The van der Waals surface area contributed by atoms with Crippen molar-refractivity contribution in [2.45, 2.75) is 6.54 Å². The Morgan fingerprint density at radius 3 is 2.45 bits per heavy atom. The average Bonchev–Trinajstić information content (AvgIpc) is 2.47. The number of nitrogens with zero attached hydrogens (tertiary/aromatic N) is 3. The van der Waals surface area contributed by atoms with E-state index in [1.54, 1.807) is 18.2 Å². The first kappa shape index (κ1) is 13.6. The summed E-state index contributed by atoms with van der Waals surface area (Å²) in [5, 5.41) is 19.7. The first-order valence-corrected chi connectivity index (χ1v) is 6.05. The molecule has 2 aromatic carbocycles. The maximum absolute atomic E-state index is 10.6. The second kappa shape index (κ2) is 5.85. The first-order valence-electron chi connectivity index (χ1n) is 6.05. The van der Waals surface area contributed by atoms with Gasteiger partial charge in [-0.1, -0.05) is 24.3 Å². The molecule has 0 saturated carbocycles. The van der Waals surface area contributed by atoms with Crippen molar-refractivity contribution in [3.63, 3.8) is 0 Å². The summed E-state index contributed by atoms with van der Waals surface area (Å²) >= 11 is 0. The van der Waals surface area contributed by atoms with Crippen molar-refractivity contribution in [1.82, 2.24) is 0 Å². The Balaban J connectivity index is 2.17. The van der Waals surface area contributed by atoms with E-state index < -0.39 is 4.92 Å². The zero-order valence-corrected chi connectivity index (χ0v) is 11.0. The van der Waals surface area contributed by atoms with Crippen LogP contribution < -0.4 is 4.90 Å². The van der Waals surface area contributed by atoms with Gasteiger partial charge in [0.05, 0.1) is 16.2 Å². The van der Waals surface area contributed by atoms with E-state index in [2.05, 4.69) is 6.07 Å². The van der Waals surface area contributed by atoms with Crippen molar-refractivity contribution in [1.29, 1.82) is 5.26 Å². The molecule has 0 N–H and O–H groups in total. The number of para-hydroxylation sites is 1. The van der Waals surface area contributed by atoms with E-state index in [1.165, 1.54) is 12.1 Å². The number of benzene rings is 2. The second-order valence-electron chi connectivity index (χ2n) is 4.41. The van der Waals surface area contributed by atoms with E-state index in [1.807, 2.05) is 30.1 Å². The Labute approximate surface area is 116 Å². The van der Waals surface area contributed by atoms with Crippen LogP contribution in [-0.4, -0.2) is 12.0 Å². The summed E-state index contributed by atoms with van der Waals surface area (Å²) in [6.45, 7) is 0.580. The van der Waals surface area contributed by atoms with Gasteiger partial charge in [0.1, 0.15) is 6.07 Å². The van der Waals surface area contributed by atoms with Crippen molar-refractivity contribution in [2.24, 2.45) is 0 Å². The molecule has 2 rings (SSSR count). The van der Waals surface area contributed by atoms with Gasteiger partial charge >= 0.3 is 0 Å². The zero-order valence-electron chi connectivity index (χ0n) is 11.0. The van der Waals surface area contributed by atoms with Crippen molar-refractivity contribution < 1.29 is 4.92 Å². The molecule has 0 radical (unpaired) electrons. The van der Waals surface area contributed by atoms with Gasteiger partial charge in [0, 0.05) is 25.7 Å². The number of rotatable bonds is 4. The van der Waals surface area contributed by atoms with Crippen LogP contribution in [0.2, 0.25) is 0 Å². The Kier molecular flexibility index (Phi) is 3.96. The summed E-state index contributed by atoms with van der Waals surface area (Å²) in [4.78, 5) is 12.1. The molecule has 0 amide bonds. The van der Waals surface area contributed by atoms with Crippen LogP contribution in [0, 0.1) is 21.4 Å². The number of nitriles is 1. The van der Waals surface area contributed by atoms with E-state index in [0.29, 0.717) is 12.1 Å². The molecule has 0 aliphatic heterocycles. The predicted molar refractivity (Wildman–Crippen MR) is 76.4 cm³/mol. The molecule has 0 heterocycles. The summed E-state index contributed by atoms with van der Waals surface area (Å²) in [5.41, 5.74) is 2.48. The summed E-state index contributed by atoms with van der Waals surface area (Å²) in [7, 11) is 1.89. The van der Waals surface area contributed by atoms with E-state index in [4.69, 9.17) is 5.26 Å². The average molecular weight is 267 g/mol. The van der Waals surface area contributed by atoms with E-state index >= 15 is 0 Å². The second-order valence-corrected chi connectivity index (χ2v) is 4.41. The summed E-state index contributed by atoms with van der Waals surface area (Å²) in [6, 6.07) is 15.9. The number of non-ortho nitro benzene ring substituents is 1. The van der Waals surface area contributed by atoms with Crippen molar-refractivity contribution >= 4 is 11.4 Å². The summed E-state index contributed by atoms with van der Waals surface area (Å²) in [6.07, 6.45) is 0. The van der Waals surface area contributed by atoms with Crippen LogP contribution in [-0.2, 0) is 6.54 Å². The van der Waals surface area contributed by atoms with Gasteiger partial charge < -0.3 is 4.90 Å². The van der Waals surface area contributed by atoms with Gasteiger partial charge in [-0.25, -0.2) is 0 Å². The SMILES string of the molecule is CN(Cc1ccc([N+](=O)[O-])cc1)c1ccccc1C#N. The van der Waals surface area contributed by atoms with Gasteiger partial charge in [0.2, 0.25) is 0 Å². The quantitative estimate of drug-likeness (QED) is 0.630. The Morgan fingerprint density at radius 1 is 1.20 bits per heavy atom. The zero-order chi connectivity index (χ0) is 14.5. The Bertz CT molecular complexity index is 660. The molecule has 0 atom stereocenters. The predicted octanol–water partition coefficient (Wildman–Crippen LogP) is 3.10. The fourth-order valence-corrected chi connectivity index (χ4v) is 1.98. The molecule has 20 heavy (non-hydrogen) atoms. The summed E-state index contributed by atoms with van der Waals surface area (Å²) < 4.78 is 0. The first-order chi connectivity index (χ1) is 9.61. The van der Waals surface area contributed by atoms with Crippen LogP contribution in [0.25, 0.3) is 0 Å². The van der Waals surface area contributed by atoms with Crippen LogP contribution in [0.1, 0.15) is 11.1 Å². The molecule has 0 saturated heterocycles. The highest BCUT2D eigenvalue weighted by Crippen LogP contribution is 2.21. The smallest absolute Gasteiger partial charge is 0.269 e. The van der Waals surface area contributed by atoms with Crippen LogP contribution >= 0.6 is 0 Å². The van der Waals surface area contributed by atoms with Gasteiger partial charge in [0.15, 0.2) is 0 Å². The van der Waals surface area contributed by atoms with Crippen LogP contribution in [0.4, 0.5) is 11.4 Å². The van der Waals surface area contributed by atoms with Crippen LogP contribution in [0.3, 0.4) is 0 Å². The highest BCUT2D eigenvalue weighted by molar-refractivity contribution is 5.58. The molecule has 0 unspecified atom stereocenters. The van der Waals surface area contributed by atoms with Crippen molar-refractivity contribution in [2.75, 3.05) is 11.9 Å². The Morgan fingerprint density at radius 2 is 1.85 bits per heavy atom. The molecule has 0 fully saturated rings. The lowest BCUT2D eigenvalue weighted by molar-refractivity contribution is -0.384. The third-order valence-electron chi connectivity index (χ3n) is 3.00.